The first kappa shape index (κ1) is 20.3. The quantitative estimate of drug-likeness (QED) is 0.354. The summed E-state index contributed by atoms with van der Waals surface area (Å²) < 4.78 is 16.9. The molecule has 0 unspecified atom stereocenters. The predicted molar refractivity (Wildman–Crippen MR) is 101 cm³/mol. The molecule has 0 bridgehead atoms. The zero-order valence-corrected chi connectivity index (χ0v) is 17.3. The number of epoxide rings is 1. The highest BCUT2D eigenvalue weighted by molar-refractivity contribution is 5.91. The third-order valence-corrected chi connectivity index (χ3v) is 7.48. The molecule has 4 rings (SSSR count). The maximum atomic E-state index is 13.0. The van der Waals surface area contributed by atoms with E-state index in [1.54, 1.807) is 6.92 Å². The summed E-state index contributed by atoms with van der Waals surface area (Å²) in [7, 11) is 0. The molecule has 2 N–H and O–H groups in total. The van der Waals surface area contributed by atoms with Crippen LogP contribution in [0.4, 0.5) is 4.79 Å². The van der Waals surface area contributed by atoms with Crippen LogP contribution in [0.2, 0.25) is 0 Å². The molecule has 1 aliphatic carbocycles. The number of carbonyl (C=O) groups is 3. The lowest BCUT2D eigenvalue weighted by atomic mass is 9.61. The number of hydrogen-bond acceptors (Lipinski definition) is 7. The minimum atomic E-state index is -1.60. The van der Waals surface area contributed by atoms with Crippen LogP contribution >= 0.6 is 0 Å². The highest BCUT2D eigenvalue weighted by atomic mass is 16.7. The van der Waals surface area contributed by atoms with Gasteiger partial charge in [0.25, 0.3) is 5.91 Å². The molecule has 1 spiro atoms. The van der Waals surface area contributed by atoms with Crippen molar-refractivity contribution >= 4 is 17.8 Å². The van der Waals surface area contributed by atoms with Crippen molar-refractivity contribution in [2.75, 3.05) is 13.2 Å². The smallest absolute Gasteiger partial charge is 0.434 e. The van der Waals surface area contributed by atoms with Crippen molar-refractivity contribution in [3.05, 3.63) is 12.2 Å². The molecule has 29 heavy (non-hydrogen) atoms. The number of carbonyl (C=O) groups excluding carboxylic acids is 3. The number of aliphatic hydroxyl groups is 1. The standard InChI is InChI=1S/C21H29NO7/c1-11-6-5-7-13-16-20(4,28-16)12(2)14-10-22-17(24)21(13,14)29-18(25)27-9-8-19(3,26)15(11)23/h5,7,11-14,16,26H,6,8-10H2,1-4H3,(H,22,24)/b7-5+/t11-,12-,13-,14-,16-,19+,20+,21+/m0/s1. The summed E-state index contributed by atoms with van der Waals surface area (Å²) in [4.78, 5) is 38.1. The summed E-state index contributed by atoms with van der Waals surface area (Å²) >= 11 is 0. The van der Waals surface area contributed by atoms with E-state index >= 15 is 0 Å². The second kappa shape index (κ2) is 6.54. The minimum Gasteiger partial charge on any atom is -0.434 e. The number of hydrogen-bond donors (Lipinski definition) is 2. The number of fused-ring (bicyclic) bond motifs is 2. The van der Waals surface area contributed by atoms with E-state index in [4.69, 9.17) is 14.2 Å². The van der Waals surface area contributed by atoms with Gasteiger partial charge in [0, 0.05) is 24.8 Å². The van der Waals surface area contributed by atoms with Gasteiger partial charge in [0.15, 0.2) is 5.78 Å². The van der Waals surface area contributed by atoms with Gasteiger partial charge in [0.2, 0.25) is 5.60 Å². The van der Waals surface area contributed by atoms with Crippen molar-refractivity contribution in [3.63, 3.8) is 0 Å². The number of ether oxygens (including phenoxy) is 3. The topological polar surface area (TPSA) is 114 Å². The van der Waals surface area contributed by atoms with Gasteiger partial charge in [-0.25, -0.2) is 4.79 Å². The van der Waals surface area contributed by atoms with Crippen LogP contribution in [0.3, 0.4) is 0 Å². The summed E-state index contributed by atoms with van der Waals surface area (Å²) in [5.41, 5.74) is -3.40. The molecular formula is C21H29NO7. The molecule has 160 valence electrons. The van der Waals surface area contributed by atoms with E-state index in [0.29, 0.717) is 13.0 Å². The van der Waals surface area contributed by atoms with Crippen LogP contribution in [0.1, 0.15) is 40.5 Å². The number of nitrogens with one attached hydrogen (secondary N) is 1. The van der Waals surface area contributed by atoms with E-state index in [1.807, 2.05) is 26.0 Å². The van der Waals surface area contributed by atoms with Gasteiger partial charge < -0.3 is 24.6 Å². The first-order chi connectivity index (χ1) is 13.5. The van der Waals surface area contributed by atoms with E-state index in [-0.39, 0.29) is 48.3 Å². The first-order valence-corrected chi connectivity index (χ1v) is 10.3. The number of amides is 1. The number of rotatable bonds is 0. The largest absolute Gasteiger partial charge is 0.509 e. The van der Waals surface area contributed by atoms with Crippen molar-refractivity contribution in [2.45, 2.75) is 63.4 Å². The summed E-state index contributed by atoms with van der Waals surface area (Å²) in [6.07, 6.45) is 2.79. The number of allylic oxidation sites excluding steroid dienone is 1. The lowest BCUT2D eigenvalue weighted by Crippen LogP contribution is -2.60. The van der Waals surface area contributed by atoms with Gasteiger partial charge in [-0.2, -0.15) is 0 Å². The summed E-state index contributed by atoms with van der Waals surface area (Å²) in [6.45, 7) is 7.43. The zero-order chi connectivity index (χ0) is 21.2. The number of ketones is 1. The van der Waals surface area contributed by atoms with Crippen molar-refractivity contribution in [2.24, 2.45) is 23.7 Å². The Balaban J connectivity index is 1.73. The Bertz CT molecular complexity index is 777. The second-order valence-electron chi connectivity index (χ2n) is 9.30. The van der Waals surface area contributed by atoms with Crippen LogP contribution in [0, 0.1) is 23.7 Å². The zero-order valence-electron chi connectivity index (χ0n) is 17.3. The molecule has 4 aliphatic rings. The van der Waals surface area contributed by atoms with Crippen LogP contribution in [-0.4, -0.2) is 59.0 Å². The van der Waals surface area contributed by atoms with Gasteiger partial charge in [-0.3, -0.25) is 9.59 Å². The highest BCUT2D eigenvalue weighted by Gasteiger charge is 2.77. The van der Waals surface area contributed by atoms with Crippen molar-refractivity contribution in [1.82, 2.24) is 5.32 Å². The fourth-order valence-corrected chi connectivity index (χ4v) is 5.39. The Labute approximate surface area is 169 Å². The predicted octanol–water partition coefficient (Wildman–Crippen LogP) is 1.35. The van der Waals surface area contributed by atoms with Crippen LogP contribution in [0.5, 0.6) is 0 Å². The number of Topliss-reactive ketones (excluding diaryl/α,β-unsaturated/α-hetero) is 1. The summed E-state index contributed by atoms with van der Waals surface area (Å²) in [6, 6.07) is 0. The second-order valence-corrected chi connectivity index (χ2v) is 9.30. The SMILES string of the molecule is C[C@H]1C/C=C/[C@H]2[C@@H]3O[C@]3(C)[C@@H](C)[C@@H]3CNC(=O)[C@@]23OC(=O)OCC[C@@](C)(O)C1=O. The molecular weight excluding hydrogens is 378 g/mol. The van der Waals surface area contributed by atoms with Gasteiger partial charge in [-0.15, -0.1) is 0 Å². The Morgan fingerprint density at radius 2 is 1.93 bits per heavy atom. The molecule has 3 heterocycles. The average Bonchev–Trinajstić information content (AvgIpc) is 3.24. The molecule has 0 aromatic carbocycles. The van der Waals surface area contributed by atoms with E-state index in [9.17, 15) is 19.5 Å². The fourth-order valence-electron chi connectivity index (χ4n) is 5.39. The van der Waals surface area contributed by atoms with E-state index in [2.05, 4.69) is 5.32 Å². The molecule has 2 saturated heterocycles. The normalized spacial score (nSPS) is 50.9. The van der Waals surface area contributed by atoms with Gasteiger partial charge in [-0.1, -0.05) is 26.0 Å². The molecule has 1 amide bonds. The van der Waals surface area contributed by atoms with Crippen LogP contribution in [-0.2, 0) is 23.8 Å². The molecule has 0 aromatic heterocycles. The van der Waals surface area contributed by atoms with Crippen LogP contribution in [0.15, 0.2) is 12.2 Å². The molecule has 8 atom stereocenters. The Hall–Kier alpha value is -1.93. The lowest BCUT2D eigenvalue weighted by Gasteiger charge is -2.44. The monoisotopic (exact) mass is 407 g/mol. The highest BCUT2D eigenvalue weighted by Crippen LogP contribution is 2.61. The Morgan fingerprint density at radius 3 is 2.66 bits per heavy atom. The first-order valence-electron chi connectivity index (χ1n) is 10.3. The molecule has 0 radical (unpaired) electrons. The minimum absolute atomic E-state index is 0.000758. The molecule has 3 aliphatic heterocycles. The van der Waals surface area contributed by atoms with E-state index in [1.165, 1.54) is 6.92 Å². The summed E-state index contributed by atoms with van der Waals surface area (Å²) in [5.74, 6) is -1.81. The molecule has 1 saturated carbocycles. The van der Waals surface area contributed by atoms with Crippen molar-refractivity contribution in [3.8, 4) is 0 Å². The van der Waals surface area contributed by atoms with Crippen LogP contribution in [0.25, 0.3) is 0 Å². The van der Waals surface area contributed by atoms with Gasteiger partial charge in [0.1, 0.15) is 5.60 Å². The Morgan fingerprint density at radius 1 is 1.21 bits per heavy atom. The third kappa shape index (κ3) is 2.91. The molecule has 8 nitrogen and oxygen atoms in total. The average molecular weight is 407 g/mol. The lowest BCUT2D eigenvalue weighted by molar-refractivity contribution is -0.154. The molecule has 0 aromatic rings. The maximum Gasteiger partial charge on any atom is 0.509 e. The van der Waals surface area contributed by atoms with Gasteiger partial charge >= 0.3 is 6.16 Å². The third-order valence-electron chi connectivity index (χ3n) is 7.48. The van der Waals surface area contributed by atoms with E-state index in [0.717, 1.165) is 0 Å². The van der Waals surface area contributed by atoms with Crippen LogP contribution < -0.4 is 5.32 Å². The molecule has 8 heteroatoms. The van der Waals surface area contributed by atoms with Gasteiger partial charge in [0.05, 0.1) is 24.2 Å². The number of cyclic esters (lactones) is 1. The van der Waals surface area contributed by atoms with E-state index < -0.39 is 29.2 Å². The maximum absolute atomic E-state index is 13.0. The van der Waals surface area contributed by atoms with Crippen molar-refractivity contribution in [1.29, 1.82) is 0 Å². The summed E-state index contributed by atoms with van der Waals surface area (Å²) in [5, 5.41) is 13.3. The van der Waals surface area contributed by atoms with Gasteiger partial charge in [-0.05, 0) is 26.2 Å². The Kier molecular flexibility index (Phi) is 4.59. The fraction of sp³-hybridized carbons (Fsp3) is 0.762. The van der Waals surface area contributed by atoms with Crippen molar-refractivity contribution < 1.29 is 33.7 Å². The molecule has 3 fully saturated rings.